The maximum atomic E-state index is 12.8. The standard InChI is InChI=1S/C18H27N3O/c22-18(15-20-11-4-1-2-5-12-20)21-13-6-3-9-17(21)16-8-7-10-19-14-16/h7-8,10,14,17H,1-6,9,11-13,15H2/t17-/m0/s1. The highest BCUT2D eigenvalue weighted by atomic mass is 16.2. The molecule has 2 saturated heterocycles. The lowest BCUT2D eigenvalue weighted by Gasteiger charge is -2.37. The second kappa shape index (κ2) is 7.73. The Bertz CT molecular complexity index is 468. The summed E-state index contributed by atoms with van der Waals surface area (Å²) in [6.45, 7) is 3.65. The fraction of sp³-hybridized carbons (Fsp3) is 0.667. The minimum Gasteiger partial charge on any atom is -0.334 e. The van der Waals surface area contributed by atoms with Crippen molar-refractivity contribution in [3.8, 4) is 0 Å². The van der Waals surface area contributed by atoms with E-state index in [9.17, 15) is 4.79 Å². The lowest BCUT2D eigenvalue weighted by atomic mass is 9.96. The number of carbonyl (C=O) groups is 1. The first kappa shape index (κ1) is 15.5. The van der Waals surface area contributed by atoms with Crippen molar-refractivity contribution >= 4 is 5.91 Å². The molecule has 0 N–H and O–H groups in total. The molecule has 1 aromatic heterocycles. The average Bonchev–Trinajstić information content (AvgIpc) is 2.84. The first-order valence-electron chi connectivity index (χ1n) is 8.76. The molecule has 1 amide bonds. The number of rotatable bonds is 3. The molecular formula is C18H27N3O. The highest BCUT2D eigenvalue weighted by molar-refractivity contribution is 5.79. The van der Waals surface area contributed by atoms with Crippen LogP contribution in [0.2, 0.25) is 0 Å². The number of pyridine rings is 1. The summed E-state index contributed by atoms with van der Waals surface area (Å²) in [4.78, 5) is 21.5. The van der Waals surface area contributed by atoms with Crippen LogP contribution in [0.25, 0.3) is 0 Å². The first-order valence-corrected chi connectivity index (χ1v) is 8.76. The largest absolute Gasteiger partial charge is 0.334 e. The van der Waals surface area contributed by atoms with Crippen molar-refractivity contribution < 1.29 is 4.79 Å². The zero-order chi connectivity index (χ0) is 15.2. The molecule has 3 rings (SSSR count). The van der Waals surface area contributed by atoms with E-state index in [1.54, 1.807) is 6.20 Å². The van der Waals surface area contributed by atoms with Crippen molar-refractivity contribution in [2.45, 2.75) is 51.0 Å². The van der Waals surface area contributed by atoms with Gasteiger partial charge in [0.05, 0.1) is 12.6 Å². The molecular weight excluding hydrogens is 274 g/mol. The summed E-state index contributed by atoms with van der Waals surface area (Å²) in [5.41, 5.74) is 1.19. The summed E-state index contributed by atoms with van der Waals surface area (Å²) in [7, 11) is 0. The van der Waals surface area contributed by atoms with Crippen molar-refractivity contribution in [1.82, 2.24) is 14.8 Å². The van der Waals surface area contributed by atoms with Gasteiger partial charge in [0.25, 0.3) is 0 Å². The van der Waals surface area contributed by atoms with Crippen molar-refractivity contribution in [2.24, 2.45) is 0 Å². The van der Waals surface area contributed by atoms with E-state index in [-0.39, 0.29) is 6.04 Å². The van der Waals surface area contributed by atoms with Crippen LogP contribution in [-0.4, -0.2) is 46.9 Å². The van der Waals surface area contributed by atoms with Gasteiger partial charge in [0, 0.05) is 18.9 Å². The summed E-state index contributed by atoms with van der Waals surface area (Å²) < 4.78 is 0. The van der Waals surface area contributed by atoms with E-state index < -0.39 is 0 Å². The Kier molecular flexibility index (Phi) is 5.43. The Morgan fingerprint density at radius 2 is 1.86 bits per heavy atom. The van der Waals surface area contributed by atoms with Gasteiger partial charge in [-0.05, 0) is 56.8 Å². The van der Waals surface area contributed by atoms with E-state index >= 15 is 0 Å². The van der Waals surface area contributed by atoms with Crippen LogP contribution in [0.4, 0.5) is 0 Å². The zero-order valence-corrected chi connectivity index (χ0v) is 13.4. The molecule has 0 bridgehead atoms. The molecule has 0 saturated carbocycles. The van der Waals surface area contributed by atoms with E-state index in [0.717, 1.165) is 32.5 Å². The average molecular weight is 301 g/mol. The van der Waals surface area contributed by atoms with Crippen LogP contribution in [0.5, 0.6) is 0 Å². The number of hydrogen-bond acceptors (Lipinski definition) is 3. The van der Waals surface area contributed by atoms with Gasteiger partial charge in [-0.2, -0.15) is 0 Å². The van der Waals surface area contributed by atoms with Gasteiger partial charge < -0.3 is 4.90 Å². The number of piperidine rings is 1. The molecule has 0 spiro atoms. The lowest BCUT2D eigenvalue weighted by molar-refractivity contribution is -0.136. The molecule has 3 heterocycles. The first-order chi connectivity index (χ1) is 10.8. The highest BCUT2D eigenvalue weighted by Gasteiger charge is 2.29. The predicted molar refractivity (Wildman–Crippen MR) is 87.5 cm³/mol. The maximum absolute atomic E-state index is 12.8. The molecule has 22 heavy (non-hydrogen) atoms. The molecule has 2 fully saturated rings. The van der Waals surface area contributed by atoms with Gasteiger partial charge in [-0.1, -0.05) is 18.9 Å². The zero-order valence-electron chi connectivity index (χ0n) is 13.4. The molecule has 2 aliphatic rings. The van der Waals surface area contributed by atoms with E-state index in [2.05, 4.69) is 20.9 Å². The van der Waals surface area contributed by atoms with Crippen molar-refractivity contribution in [1.29, 1.82) is 0 Å². The van der Waals surface area contributed by atoms with E-state index in [1.165, 1.54) is 37.7 Å². The third kappa shape index (κ3) is 3.86. The second-order valence-electron chi connectivity index (χ2n) is 6.58. The van der Waals surface area contributed by atoms with Crippen molar-refractivity contribution in [3.05, 3.63) is 30.1 Å². The summed E-state index contributed by atoms with van der Waals surface area (Å²) in [6.07, 6.45) is 12.2. The summed E-state index contributed by atoms with van der Waals surface area (Å²) >= 11 is 0. The Balaban J connectivity index is 1.66. The van der Waals surface area contributed by atoms with Gasteiger partial charge in [0.2, 0.25) is 5.91 Å². The third-order valence-corrected chi connectivity index (χ3v) is 4.95. The quantitative estimate of drug-likeness (QED) is 0.861. The van der Waals surface area contributed by atoms with Gasteiger partial charge in [-0.25, -0.2) is 0 Å². The SMILES string of the molecule is O=C(CN1CCCCCC1)N1CCCC[C@H]1c1cccnc1. The fourth-order valence-corrected chi connectivity index (χ4v) is 3.73. The molecule has 1 aromatic rings. The fourth-order valence-electron chi connectivity index (χ4n) is 3.73. The minimum absolute atomic E-state index is 0.224. The molecule has 0 unspecified atom stereocenters. The number of hydrogen-bond donors (Lipinski definition) is 0. The summed E-state index contributed by atoms with van der Waals surface area (Å²) in [5, 5.41) is 0. The number of amides is 1. The van der Waals surface area contributed by atoms with Gasteiger partial charge in [-0.15, -0.1) is 0 Å². The van der Waals surface area contributed by atoms with Crippen LogP contribution in [0.3, 0.4) is 0 Å². The van der Waals surface area contributed by atoms with Crippen LogP contribution < -0.4 is 0 Å². The molecule has 4 nitrogen and oxygen atoms in total. The molecule has 4 heteroatoms. The van der Waals surface area contributed by atoms with E-state index in [4.69, 9.17) is 0 Å². The van der Waals surface area contributed by atoms with Gasteiger partial charge >= 0.3 is 0 Å². The number of likely N-dealkylation sites (tertiary alicyclic amines) is 2. The van der Waals surface area contributed by atoms with Gasteiger partial charge in [0.15, 0.2) is 0 Å². The van der Waals surface area contributed by atoms with E-state index in [1.807, 2.05) is 12.3 Å². The normalized spacial score (nSPS) is 24.0. The van der Waals surface area contributed by atoms with Crippen LogP contribution in [0.1, 0.15) is 56.6 Å². The van der Waals surface area contributed by atoms with Gasteiger partial charge in [0.1, 0.15) is 0 Å². The minimum atomic E-state index is 0.224. The predicted octanol–water partition coefficient (Wildman–Crippen LogP) is 3.01. The number of nitrogens with zero attached hydrogens (tertiary/aromatic N) is 3. The topological polar surface area (TPSA) is 36.4 Å². The Labute approximate surface area is 133 Å². The van der Waals surface area contributed by atoms with Crippen LogP contribution >= 0.6 is 0 Å². The Morgan fingerprint density at radius 3 is 2.59 bits per heavy atom. The maximum Gasteiger partial charge on any atom is 0.237 e. The molecule has 0 aromatic carbocycles. The van der Waals surface area contributed by atoms with Crippen molar-refractivity contribution in [2.75, 3.05) is 26.2 Å². The van der Waals surface area contributed by atoms with Crippen LogP contribution in [-0.2, 0) is 4.79 Å². The monoisotopic (exact) mass is 301 g/mol. The molecule has 1 atom stereocenters. The number of carbonyl (C=O) groups excluding carboxylic acids is 1. The molecule has 2 aliphatic heterocycles. The van der Waals surface area contributed by atoms with Crippen LogP contribution in [0, 0.1) is 0 Å². The molecule has 0 radical (unpaired) electrons. The van der Waals surface area contributed by atoms with E-state index in [0.29, 0.717) is 12.5 Å². The number of aromatic nitrogens is 1. The lowest BCUT2D eigenvalue weighted by Crippen LogP contribution is -2.44. The highest BCUT2D eigenvalue weighted by Crippen LogP contribution is 2.30. The third-order valence-electron chi connectivity index (χ3n) is 4.95. The van der Waals surface area contributed by atoms with Gasteiger partial charge in [-0.3, -0.25) is 14.7 Å². The summed E-state index contributed by atoms with van der Waals surface area (Å²) in [5.74, 6) is 0.301. The molecule has 0 aliphatic carbocycles. The van der Waals surface area contributed by atoms with Crippen LogP contribution in [0.15, 0.2) is 24.5 Å². The molecule has 120 valence electrons. The second-order valence-corrected chi connectivity index (χ2v) is 6.58. The Hall–Kier alpha value is -1.42. The smallest absolute Gasteiger partial charge is 0.237 e. The summed E-state index contributed by atoms with van der Waals surface area (Å²) in [6, 6.07) is 4.30. The Morgan fingerprint density at radius 1 is 1.09 bits per heavy atom. The van der Waals surface area contributed by atoms with Crippen molar-refractivity contribution in [3.63, 3.8) is 0 Å².